The topological polar surface area (TPSA) is 59.1 Å². The molecule has 0 spiro atoms. The first-order chi connectivity index (χ1) is 13.1. The number of anilines is 1. The van der Waals surface area contributed by atoms with E-state index in [1.165, 1.54) is 16.7 Å². The Hall–Kier alpha value is -2.66. The Morgan fingerprint density at radius 1 is 1.22 bits per heavy atom. The van der Waals surface area contributed by atoms with Gasteiger partial charge >= 0.3 is 0 Å². The first-order valence-electron chi connectivity index (χ1n) is 9.57. The van der Waals surface area contributed by atoms with Gasteiger partial charge in [-0.1, -0.05) is 18.2 Å². The zero-order valence-electron chi connectivity index (χ0n) is 16.1. The van der Waals surface area contributed by atoms with E-state index in [2.05, 4.69) is 71.9 Å². The Labute approximate surface area is 160 Å². The van der Waals surface area contributed by atoms with Crippen LogP contribution in [0.25, 0.3) is 10.8 Å². The van der Waals surface area contributed by atoms with Crippen molar-refractivity contribution in [2.45, 2.75) is 39.3 Å². The quantitative estimate of drug-likeness (QED) is 0.714. The molecule has 2 heterocycles. The van der Waals surface area contributed by atoms with Crippen LogP contribution in [0.2, 0.25) is 0 Å². The minimum atomic E-state index is 0.133. The molecule has 5 heteroatoms. The van der Waals surface area contributed by atoms with Crippen LogP contribution in [-0.4, -0.2) is 29.4 Å². The number of hydrogen-bond donors (Lipinski definition) is 2. The lowest BCUT2D eigenvalue weighted by molar-refractivity contribution is 0.223. The van der Waals surface area contributed by atoms with Gasteiger partial charge in [-0.2, -0.15) is 5.10 Å². The summed E-state index contributed by atoms with van der Waals surface area (Å²) in [6, 6.07) is 12.7. The van der Waals surface area contributed by atoms with E-state index in [-0.39, 0.29) is 12.1 Å². The standard InChI is InChI=1S/C22H26N4O/c1-14-5-4-6-20(15(14)2)16(3)25-22-21-11-18(27-19-9-10-23-13-19)8-7-17(21)12-24-26-22/h4-8,11-12,16,19,23H,9-10,13H2,1-3H3,(H,25,26)/t16-,19+/m1/s1. The molecular weight excluding hydrogens is 336 g/mol. The van der Waals surface area contributed by atoms with Crippen LogP contribution in [0, 0.1) is 13.8 Å². The summed E-state index contributed by atoms with van der Waals surface area (Å²) in [5.74, 6) is 1.67. The van der Waals surface area contributed by atoms with E-state index >= 15 is 0 Å². The number of fused-ring (bicyclic) bond motifs is 1. The van der Waals surface area contributed by atoms with Crippen molar-refractivity contribution in [2.24, 2.45) is 0 Å². The summed E-state index contributed by atoms with van der Waals surface area (Å²) in [6.45, 7) is 8.39. The number of nitrogens with zero attached hydrogens (tertiary/aromatic N) is 2. The SMILES string of the molecule is Cc1cccc([C@@H](C)Nc2nncc3ccc(O[C@H]4CCNC4)cc23)c1C. The molecule has 0 unspecified atom stereocenters. The number of rotatable bonds is 5. The number of aromatic nitrogens is 2. The van der Waals surface area contributed by atoms with E-state index in [9.17, 15) is 0 Å². The van der Waals surface area contributed by atoms with Gasteiger partial charge in [0.2, 0.25) is 0 Å². The smallest absolute Gasteiger partial charge is 0.157 e. The average molecular weight is 362 g/mol. The molecule has 27 heavy (non-hydrogen) atoms. The van der Waals surface area contributed by atoms with Gasteiger partial charge in [-0.25, -0.2) is 0 Å². The third-order valence-electron chi connectivity index (χ3n) is 5.42. The van der Waals surface area contributed by atoms with Crippen molar-refractivity contribution in [1.82, 2.24) is 15.5 Å². The molecule has 2 N–H and O–H groups in total. The van der Waals surface area contributed by atoms with E-state index in [0.717, 1.165) is 41.9 Å². The van der Waals surface area contributed by atoms with Crippen LogP contribution >= 0.6 is 0 Å². The van der Waals surface area contributed by atoms with Crippen LogP contribution in [-0.2, 0) is 0 Å². The monoisotopic (exact) mass is 362 g/mol. The van der Waals surface area contributed by atoms with Gasteiger partial charge in [-0.15, -0.1) is 5.10 Å². The van der Waals surface area contributed by atoms with Gasteiger partial charge in [0.25, 0.3) is 0 Å². The lowest BCUT2D eigenvalue weighted by atomic mass is 9.98. The van der Waals surface area contributed by atoms with Gasteiger partial charge in [0.15, 0.2) is 5.82 Å². The maximum absolute atomic E-state index is 6.12. The van der Waals surface area contributed by atoms with Crippen molar-refractivity contribution < 1.29 is 4.74 Å². The largest absolute Gasteiger partial charge is 0.489 e. The minimum absolute atomic E-state index is 0.133. The van der Waals surface area contributed by atoms with Crippen molar-refractivity contribution >= 4 is 16.6 Å². The Morgan fingerprint density at radius 3 is 2.93 bits per heavy atom. The maximum atomic E-state index is 6.12. The molecule has 0 amide bonds. The minimum Gasteiger partial charge on any atom is -0.489 e. The second kappa shape index (κ2) is 7.53. The second-order valence-electron chi connectivity index (χ2n) is 7.33. The van der Waals surface area contributed by atoms with E-state index in [1.54, 1.807) is 6.20 Å². The summed E-state index contributed by atoms with van der Waals surface area (Å²) in [6.07, 6.45) is 3.08. The third kappa shape index (κ3) is 3.74. The fraction of sp³-hybridized carbons (Fsp3) is 0.364. The predicted molar refractivity (Wildman–Crippen MR) is 109 cm³/mol. The zero-order valence-corrected chi connectivity index (χ0v) is 16.1. The highest BCUT2D eigenvalue weighted by Gasteiger charge is 2.17. The molecule has 1 saturated heterocycles. The van der Waals surface area contributed by atoms with Gasteiger partial charge < -0.3 is 15.4 Å². The van der Waals surface area contributed by atoms with Crippen molar-refractivity contribution in [1.29, 1.82) is 0 Å². The van der Waals surface area contributed by atoms with Gasteiger partial charge in [0.05, 0.1) is 12.2 Å². The second-order valence-corrected chi connectivity index (χ2v) is 7.33. The summed E-state index contributed by atoms with van der Waals surface area (Å²) < 4.78 is 6.12. The van der Waals surface area contributed by atoms with Gasteiger partial charge in [-0.3, -0.25) is 0 Å². The Balaban J connectivity index is 1.63. The lowest BCUT2D eigenvalue weighted by Gasteiger charge is -2.19. The van der Waals surface area contributed by atoms with Crippen molar-refractivity contribution in [2.75, 3.05) is 18.4 Å². The van der Waals surface area contributed by atoms with Crippen LogP contribution < -0.4 is 15.4 Å². The highest BCUT2D eigenvalue weighted by molar-refractivity contribution is 5.92. The van der Waals surface area contributed by atoms with E-state index in [0.29, 0.717) is 0 Å². The summed E-state index contributed by atoms with van der Waals surface area (Å²) >= 11 is 0. The fourth-order valence-electron chi connectivity index (χ4n) is 3.68. The zero-order chi connectivity index (χ0) is 18.8. The Kier molecular flexibility index (Phi) is 4.94. The van der Waals surface area contributed by atoms with Crippen LogP contribution in [0.4, 0.5) is 5.82 Å². The number of ether oxygens (including phenoxy) is 1. The normalized spacial score (nSPS) is 17.8. The highest BCUT2D eigenvalue weighted by atomic mass is 16.5. The van der Waals surface area contributed by atoms with Crippen LogP contribution in [0.15, 0.2) is 42.6 Å². The van der Waals surface area contributed by atoms with Gasteiger partial charge in [0.1, 0.15) is 11.9 Å². The molecule has 1 aliphatic rings. The van der Waals surface area contributed by atoms with Crippen LogP contribution in [0.1, 0.15) is 36.1 Å². The molecule has 0 bridgehead atoms. The molecule has 4 rings (SSSR count). The molecule has 2 aromatic carbocycles. The lowest BCUT2D eigenvalue weighted by Crippen LogP contribution is -2.19. The number of aryl methyl sites for hydroxylation is 1. The molecule has 0 aliphatic carbocycles. The molecular formula is C22H26N4O. The molecule has 0 saturated carbocycles. The Morgan fingerprint density at radius 2 is 2.11 bits per heavy atom. The highest BCUT2D eigenvalue weighted by Crippen LogP contribution is 2.29. The molecule has 140 valence electrons. The summed E-state index contributed by atoms with van der Waals surface area (Å²) in [5, 5.41) is 17.5. The molecule has 1 aromatic heterocycles. The molecule has 0 radical (unpaired) electrons. The number of nitrogens with one attached hydrogen (secondary N) is 2. The first kappa shape index (κ1) is 17.7. The van der Waals surface area contributed by atoms with E-state index < -0.39 is 0 Å². The molecule has 2 atom stereocenters. The maximum Gasteiger partial charge on any atom is 0.157 e. The fourth-order valence-corrected chi connectivity index (χ4v) is 3.68. The predicted octanol–water partition coefficient (Wildman–Crippen LogP) is 4.16. The van der Waals surface area contributed by atoms with Crippen molar-refractivity contribution in [3.63, 3.8) is 0 Å². The molecule has 1 aliphatic heterocycles. The first-order valence-corrected chi connectivity index (χ1v) is 9.57. The van der Waals surface area contributed by atoms with Crippen LogP contribution in [0.3, 0.4) is 0 Å². The van der Waals surface area contributed by atoms with Gasteiger partial charge in [-0.05, 0) is 68.6 Å². The third-order valence-corrected chi connectivity index (χ3v) is 5.42. The molecule has 5 nitrogen and oxygen atoms in total. The molecule has 3 aromatic rings. The summed E-state index contributed by atoms with van der Waals surface area (Å²) in [4.78, 5) is 0. The summed E-state index contributed by atoms with van der Waals surface area (Å²) in [7, 11) is 0. The molecule has 1 fully saturated rings. The van der Waals surface area contributed by atoms with Crippen molar-refractivity contribution in [3.05, 3.63) is 59.3 Å². The van der Waals surface area contributed by atoms with E-state index in [4.69, 9.17) is 4.74 Å². The van der Waals surface area contributed by atoms with Crippen molar-refractivity contribution in [3.8, 4) is 5.75 Å². The number of benzene rings is 2. The Bertz CT molecular complexity index is 950. The number of hydrogen-bond acceptors (Lipinski definition) is 5. The average Bonchev–Trinajstić information content (AvgIpc) is 3.17. The van der Waals surface area contributed by atoms with Gasteiger partial charge in [0, 0.05) is 17.3 Å². The van der Waals surface area contributed by atoms with E-state index in [1.807, 2.05) is 6.07 Å². The van der Waals surface area contributed by atoms with Crippen LogP contribution in [0.5, 0.6) is 5.75 Å². The summed E-state index contributed by atoms with van der Waals surface area (Å²) in [5.41, 5.74) is 3.88.